The molecule has 0 unspecified atom stereocenters. The summed E-state index contributed by atoms with van der Waals surface area (Å²) in [5, 5.41) is 2.54. The van der Waals surface area contributed by atoms with Crippen molar-refractivity contribution in [3.63, 3.8) is 0 Å². The van der Waals surface area contributed by atoms with Crippen molar-refractivity contribution in [3.8, 4) is 27.8 Å². The van der Waals surface area contributed by atoms with Gasteiger partial charge in [0.15, 0.2) is 11.5 Å². The molecule has 1 aromatic heterocycles. The van der Waals surface area contributed by atoms with Crippen LogP contribution in [0.5, 0.6) is 17.2 Å². The number of thiazole rings is 1. The van der Waals surface area contributed by atoms with Crippen molar-refractivity contribution in [2.75, 3.05) is 21.3 Å². The Morgan fingerprint density at radius 2 is 1.62 bits per heavy atom. The van der Waals surface area contributed by atoms with Crippen LogP contribution >= 0.6 is 27.3 Å². The summed E-state index contributed by atoms with van der Waals surface area (Å²) in [7, 11) is 4.55. The molecule has 0 aliphatic rings. The predicted molar refractivity (Wildman–Crippen MR) is 105 cm³/mol. The fraction of sp³-hybridized carbons (Fsp3) is 0.158. The van der Waals surface area contributed by atoms with E-state index in [4.69, 9.17) is 14.2 Å². The molecule has 5 nitrogen and oxygen atoms in total. The molecule has 0 saturated carbocycles. The van der Waals surface area contributed by atoms with Crippen molar-refractivity contribution in [2.24, 2.45) is 0 Å². The Hall–Kier alpha value is -2.38. The van der Waals surface area contributed by atoms with Crippen molar-refractivity contribution >= 4 is 33.0 Å². The van der Waals surface area contributed by atoms with E-state index in [0.29, 0.717) is 28.5 Å². The zero-order chi connectivity index (χ0) is 18.7. The molecule has 0 saturated heterocycles. The SMILES string of the molecule is COc1cc(C(=O)c2csc(-c3ccc(Br)cc3)n2)cc(OC)c1OC. The van der Waals surface area contributed by atoms with Gasteiger partial charge >= 0.3 is 0 Å². The number of ether oxygens (including phenoxy) is 3. The lowest BCUT2D eigenvalue weighted by atomic mass is 10.1. The fourth-order valence-corrected chi connectivity index (χ4v) is 3.53. The molecular weight excluding hydrogens is 418 g/mol. The first-order valence-corrected chi connectivity index (χ1v) is 9.30. The first-order chi connectivity index (χ1) is 12.6. The maximum absolute atomic E-state index is 12.9. The Kier molecular flexibility index (Phi) is 5.58. The summed E-state index contributed by atoms with van der Waals surface area (Å²) >= 11 is 4.84. The maximum atomic E-state index is 12.9. The van der Waals surface area contributed by atoms with Gasteiger partial charge in [-0.25, -0.2) is 4.98 Å². The van der Waals surface area contributed by atoms with Crippen LogP contribution in [0.15, 0.2) is 46.3 Å². The first-order valence-electron chi connectivity index (χ1n) is 7.63. The van der Waals surface area contributed by atoms with E-state index in [1.807, 2.05) is 24.3 Å². The van der Waals surface area contributed by atoms with Gasteiger partial charge in [-0.05, 0) is 24.3 Å². The average molecular weight is 434 g/mol. The number of ketones is 1. The number of benzene rings is 2. The van der Waals surface area contributed by atoms with Crippen LogP contribution in [0.1, 0.15) is 16.1 Å². The molecule has 0 aliphatic heterocycles. The monoisotopic (exact) mass is 433 g/mol. The highest BCUT2D eigenvalue weighted by Crippen LogP contribution is 2.39. The van der Waals surface area contributed by atoms with Gasteiger partial charge in [-0.2, -0.15) is 0 Å². The predicted octanol–water partition coefficient (Wildman–Crippen LogP) is 4.83. The number of methoxy groups -OCH3 is 3. The zero-order valence-corrected chi connectivity index (χ0v) is 16.8. The Morgan fingerprint density at radius 1 is 1.00 bits per heavy atom. The molecule has 1 heterocycles. The number of hydrogen-bond donors (Lipinski definition) is 0. The van der Waals surface area contributed by atoms with Gasteiger partial charge in [0.05, 0.1) is 21.3 Å². The lowest BCUT2D eigenvalue weighted by Crippen LogP contribution is -2.04. The molecule has 3 rings (SSSR count). The van der Waals surface area contributed by atoms with Crippen LogP contribution in [0, 0.1) is 0 Å². The van der Waals surface area contributed by atoms with Crippen LogP contribution in [0.2, 0.25) is 0 Å². The van der Waals surface area contributed by atoms with Gasteiger partial charge in [0.1, 0.15) is 10.7 Å². The Morgan fingerprint density at radius 3 is 2.15 bits per heavy atom. The molecule has 134 valence electrons. The molecule has 0 N–H and O–H groups in total. The number of hydrogen-bond acceptors (Lipinski definition) is 6. The number of carbonyl (C=O) groups is 1. The number of nitrogens with zero attached hydrogens (tertiary/aromatic N) is 1. The zero-order valence-electron chi connectivity index (χ0n) is 14.4. The van der Waals surface area contributed by atoms with Crippen LogP contribution in [-0.2, 0) is 0 Å². The third kappa shape index (κ3) is 3.59. The van der Waals surface area contributed by atoms with Gasteiger partial charge in [-0.3, -0.25) is 4.79 Å². The minimum Gasteiger partial charge on any atom is -0.493 e. The lowest BCUT2D eigenvalue weighted by molar-refractivity contribution is 0.103. The summed E-state index contributed by atoms with van der Waals surface area (Å²) in [5.74, 6) is 1.10. The summed E-state index contributed by atoms with van der Waals surface area (Å²) in [6.45, 7) is 0. The largest absolute Gasteiger partial charge is 0.493 e. The molecule has 7 heteroatoms. The van der Waals surface area contributed by atoms with Crippen molar-refractivity contribution in [3.05, 3.63) is 57.5 Å². The van der Waals surface area contributed by atoms with E-state index in [-0.39, 0.29) is 5.78 Å². The molecule has 3 aromatic rings. The van der Waals surface area contributed by atoms with Crippen molar-refractivity contribution in [1.82, 2.24) is 4.98 Å². The quantitative estimate of drug-likeness (QED) is 0.521. The second kappa shape index (κ2) is 7.88. The molecule has 2 aromatic carbocycles. The van der Waals surface area contributed by atoms with E-state index >= 15 is 0 Å². The van der Waals surface area contributed by atoms with Crippen LogP contribution in [0.25, 0.3) is 10.6 Å². The van der Waals surface area contributed by atoms with E-state index in [9.17, 15) is 4.79 Å². The number of carbonyl (C=O) groups excluding carboxylic acids is 1. The first kappa shape index (κ1) is 18.4. The highest BCUT2D eigenvalue weighted by Gasteiger charge is 2.20. The average Bonchev–Trinajstić information content (AvgIpc) is 3.16. The van der Waals surface area contributed by atoms with Gasteiger partial charge in [-0.1, -0.05) is 28.1 Å². The van der Waals surface area contributed by atoms with E-state index in [1.54, 1.807) is 17.5 Å². The molecule has 26 heavy (non-hydrogen) atoms. The topological polar surface area (TPSA) is 57.7 Å². The Bertz CT molecular complexity index is 912. The highest BCUT2D eigenvalue weighted by molar-refractivity contribution is 9.10. The summed E-state index contributed by atoms with van der Waals surface area (Å²) < 4.78 is 16.9. The molecule has 0 aliphatic carbocycles. The van der Waals surface area contributed by atoms with Gasteiger partial charge < -0.3 is 14.2 Å². The molecule has 0 radical (unpaired) electrons. The molecule has 0 amide bonds. The molecule has 0 fully saturated rings. The van der Waals surface area contributed by atoms with E-state index in [2.05, 4.69) is 20.9 Å². The minimum atomic E-state index is -0.205. The molecule has 0 atom stereocenters. The van der Waals surface area contributed by atoms with Gasteiger partial charge in [0.2, 0.25) is 11.5 Å². The van der Waals surface area contributed by atoms with Gasteiger partial charge in [-0.15, -0.1) is 11.3 Å². The minimum absolute atomic E-state index is 0.205. The van der Waals surface area contributed by atoms with Crippen LogP contribution in [0.3, 0.4) is 0 Å². The highest BCUT2D eigenvalue weighted by atomic mass is 79.9. The van der Waals surface area contributed by atoms with E-state index in [0.717, 1.165) is 15.0 Å². The maximum Gasteiger partial charge on any atom is 0.212 e. The molecule has 0 spiro atoms. The standard InChI is InChI=1S/C19H16BrNO4S/c1-23-15-8-12(9-16(24-2)18(15)25-3)17(22)14-10-26-19(21-14)11-4-6-13(20)7-5-11/h4-10H,1-3H3. The van der Waals surface area contributed by atoms with Crippen molar-refractivity contribution < 1.29 is 19.0 Å². The van der Waals surface area contributed by atoms with E-state index < -0.39 is 0 Å². The van der Waals surface area contributed by atoms with Crippen LogP contribution < -0.4 is 14.2 Å². The van der Waals surface area contributed by atoms with Crippen molar-refractivity contribution in [1.29, 1.82) is 0 Å². The third-order valence-electron chi connectivity index (χ3n) is 3.75. The van der Waals surface area contributed by atoms with Crippen LogP contribution in [-0.4, -0.2) is 32.1 Å². The summed E-state index contributed by atoms with van der Waals surface area (Å²) in [6.07, 6.45) is 0. The third-order valence-corrected chi connectivity index (χ3v) is 5.17. The number of rotatable bonds is 6. The smallest absolute Gasteiger partial charge is 0.212 e. The molecular formula is C19H16BrNO4S. The van der Waals surface area contributed by atoms with E-state index in [1.165, 1.54) is 32.7 Å². The summed E-state index contributed by atoms with van der Waals surface area (Å²) in [5.41, 5.74) is 1.76. The fourth-order valence-electron chi connectivity index (χ4n) is 2.46. The number of halogens is 1. The normalized spacial score (nSPS) is 10.5. The second-order valence-corrected chi connectivity index (χ2v) is 7.06. The molecule has 0 bridgehead atoms. The second-order valence-electron chi connectivity index (χ2n) is 5.29. The Labute approximate surface area is 163 Å². The van der Waals surface area contributed by atoms with Crippen LogP contribution in [0.4, 0.5) is 0 Å². The summed E-state index contributed by atoms with van der Waals surface area (Å²) in [4.78, 5) is 17.3. The Balaban J connectivity index is 1.96. The van der Waals surface area contributed by atoms with Crippen molar-refractivity contribution in [2.45, 2.75) is 0 Å². The van der Waals surface area contributed by atoms with Gasteiger partial charge in [0, 0.05) is 21.0 Å². The summed E-state index contributed by atoms with van der Waals surface area (Å²) in [6, 6.07) is 11.0. The number of aromatic nitrogens is 1. The lowest BCUT2D eigenvalue weighted by Gasteiger charge is -2.13. The van der Waals surface area contributed by atoms with Gasteiger partial charge in [0.25, 0.3) is 0 Å².